The number of Topliss-reactive ketones (excluding diaryl/α,β-unsaturated/α-hetero) is 1. The maximum Gasteiger partial charge on any atom is 0.387 e. The van der Waals surface area contributed by atoms with E-state index in [1.54, 1.807) is 4.90 Å². The van der Waals surface area contributed by atoms with E-state index in [0.29, 0.717) is 31.5 Å². The van der Waals surface area contributed by atoms with E-state index in [2.05, 4.69) is 4.74 Å². The zero-order valence-electron chi connectivity index (χ0n) is 16.0. The summed E-state index contributed by atoms with van der Waals surface area (Å²) in [4.78, 5) is 27.2. The van der Waals surface area contributed by atoms with Crippen molar-refractivity contribution in [1.29, 1.82) is 0 Å². The minimum Gasteiger partial charge on any atom is -0.435 e. The Kier molecular flexibility index (Phi) is 6.07. The molecular weight excluding hydrogens is 364 g/mol. The molecule has 3 rings (SSSR count). The standard InChI is InChI=1S/C22H23F2NO3/c1-14-3-8-19(15(2)13-14)20(26)16-9-11-25(12-10-16)21(27)17-4-6-18(7-5-17)28-22(23)24/h3-8,13,16,22H,9-12H2,1-2H3. The number of carbonyl (C=O) groups excluding carboxylic acids is 2. The fraction of sp³-hybridized carbons (Fsp3) is 0.364. The summed E-state index contributed by atoms with van der Waals surface area (Å²) in [7, 11) is 0. The van der Waals surface area contributed by atoms with Crippen molar-refractivity contribution in [2.75, 3.05) is 13.1 Å². The first kappa shape index (κ1) is 20.0. The van der Waals surface area contributed by atoms with Gasteiger partial charge in [0.25, 0.3) is 5.91 Å². The van der Waals surface area contributed by atoms with Crippen molar-refractivity contribution in [1.82, 2.24) is 4.90 Å². The van der Waals surface area contributed by atoms with Crippen LogP contribution in [0.15, 0.2) is 42.5 Å². The minimum absolute atomic E-state index is 0.0179. The number of halogens is 2. The molecule has 0 spiro atoms. The highest BCUT2D eigenvalue weighted by Crippen LogP contribution is 2.25. The second kappa shape index (κ2) is 8.50. The van der Waals surface area contributed by atoms with Gasteiger partial charge in [0.05, 0.1) is 0 Å². The molecular formula is C22H23F2NO3. The van der Waals surface area contributed by atoms with Gasteiger partial charge in [0.2, 0.25) is 0 Å². The fourth-order valence-electron chi connectivity index (χ4n) is 3.62. The molecule has 2 aromatic rings. The van der Waals surface area contributed by atoms with Gasteiger partial charge in [0.1, 0.15) is 5.75 Å². The van der Waals surface area contributed by atoms with Crippen LogP contribution >= 0.6 is 0 Å². The van der Waals surface area contributed by atoms with Gasteiger partial charge in [0.15, 0.2) is 5.78 Å². The van der Waals surface area contributed by atoms with E-state index in [1.165, 1.54) is 24.3 Å². The second-order valence-electron chi connectivity index (χ2n) is 7.15. The smallest absolute Gasteiger partial charge is 0.387 e. The highest BCUT2D eigenvalue weighted by molar-refractivity contribution is 5.99. The molecule has 4 nitrogen and oxygen atoms in total. The third-order valence-electron chi connectivity index (χ3n) is 5.13. The monoisotopic (exact) mass is 387 g/mol. The van der Waals surface area contributed by atoms with E-state index in [4.69, 9.17) is 0 Å². The summed E-state index contributed by atoms with van der Waals surface area (Å²) in [6.45, 7) is 2.04. The summed E-state index contributed by atoms with van der Waals surface area (Å²) in [5.41, 5.74) is 3.28. The van der Waals surface area contributed by atoms with Crippen LogP contribution in [0.4, 0.5) is 8.78 Å². The van der Waals surface area contributed by atoms with Crippen LogP contribution in [0, 0.1) is 19.8 Å². The van der Waals surface area contributed by atoms with E-state index >= 15 is 0 Å². The molecule has 0 aliphatic carbocycles. The van der Waals surface area contributed by atoms with Gasteiger partial charge in [-0.25, -0.2) is 0 Å². The topological polar surface area (TPSA) is 46.6 Å². The van der Waals surface area contributed by atoms with Crippen molar-refractivity contribution in [3.8, 4) is 5.75 Å². The molecule has 1 fully saturated rings. The SMILES string of the molecule is Cc1ccc(C(=O)C2CCN(C(=O)c3ccc(OC(F)F)cc3)CC2)c(C)c1. The van der Waals surface area contributed by atoms with Crippen molar-refractivity contribution in [3.63, 3.8) is 0 Å². The average Bonchev–Trinajstić information content (AvgIpc) is 2.67. The van der Waals surface area contributed by atoms with Gasteiger partial charge in [0, 0.05) is 30.1 Å². The maximum absolute atomic E-state index is 12.8. The Morgan fingerprint density at radius 1 is 1.04 bits per heavy atom. The van der Waals surface area contributed by atoms with Crippen LogP contribution < -0.4 is 4.74 Å². The van der Waals surface area contributed by atoms with Crippen LogP contribution in [0.3, 0.4) is 0 Å². The quantitative estimate of drug-likeness (QED) is 0.702. The molecule has 0 radical (unpaired) electrons. The number of hydrogen-bond donors (Lipinski definition) is 0. The molecule has 2 aromatic carbocycles. The largest absolute Gasteiger partial charge is 0.435 e. The third-order valence-corrected chi connectivity index (χ3v) is 5.13. The Labute approximate surface area is 163 Å². The number of rotatable bonds is 5. The molecule has 0 saturated carbocycles. The first-order valence-corrected chi connectivity index (χ1v) is 9.31. The Balaban J connectivity index is 1.60. The van der Waals surface area contributed by atoms with Gasteiger partial charge >= 0.3 is 6.61 Å². The number of aryl methyl sites for hydroxylation is 2. The Morgan fingerprint density at radius 3 is 2.25 bits per heavy atom. The molecule has 1 amide bonds. The van der Waals surface area contributed by atoms with Crippen LogP contribution in [0.1, 0.15) is 44.7 Å². The molecule has 0 N–H and O–H groups in total. The molecule has 0 bridgehead atoms. The first-order chi connectivity index (χ1) is 13.3. The number of alkyl halides is 2. The summed E-state index contributed by atoms with van der Waals surface area (Å²) in [6, 6.07) is 11.5. The number of ether oxygens (including phenoxy) is 1. The van der Waals surface area contributed by atoms with Crippen LogP contribution in [-0.2, 0) is 0 Å². The molecule has 0 unspecified atom stereocenters. The minimum atomic E-state index is -2.89. The lowest BCUT2D eigenvalue weighted by atomic mass is 9.87. The predicted octanol–water partition coefficient (Wildman–Crippen LogP) is 4.64. The second-order valence-corrected chi connectivity index (χ2v) is 7.15. The van der Waals surface area contributed by atoms with Gasteiger partial charge < -0.3 is 9.64 Å². The molecule has 0 aromatic heterocycles. The summed E-state index contributed by atoms with van der Waals surface area (Å²) < 4.78 is 28.7. The lowest BCUT2D eigenvalue weighted by Gasteiger charge is -2.31. The number of ketones is 1. The normalized spacial score (nSPS) is 15.0. The average molecular weight is 387 g/mol. The summed E-state index contributed by atoms with van der Waals surface area (Å²) >= 11 is 0. The molecule has 1 aliphatic heterocycles. The molecule has 1 heterocycles. The predicted molar refractivity (Wildman–Crippen MR) is 102 cm³/mol. The van der Waals surface area contributed by atoms with E-state index < -0.39 is 6.61 Å². The van der Waals surface area contributed by atoms with Gasteiger partial charge in [-0.1, -0.05) is 23.8 Å². The van der Waals surface area contributed by atoms with Crippen LogP contribution in [-0.4, -0.2) is 36.3 Å². The van der Waals surface area contributed by atoms with Gasteiger partial charge in [-0.2, -0.15) is 8.78 Å². The number of hydrogen-bond acceptors (Lipinski definition) is 3. The zero-order chi connectivity index (χ0) is 20.3. The number of likely N-dealkylation sites (tertiary alicyclic amines) is 1. The fourth-order valence-corrected chi connectivity index (χ4v) is 3.62. The molecule has 28 heavy (non-hydrogen) atoms. The van der Waals surface area contributed by atoms with Crippen LogP contribution in [0.2, 0.25) is 0 Å². The third kappa shape index (κ3) is 4.55. The van der Waals surface area contributed by atoms with Gasteiger partial charge in [-0.3, -0.25) is 9.59 Å². The van der Waals surface area contributed by atoms with Crippen LogP contribution in [0.5, 0.6) is 5.75 Å². The number of amides is 1. The van der Waals surface area contributed by atoms with Crippen molar-refractivity contribution < 1.29 is 23.1 Å². The lowest BCUT2D eigenvalue weighted by Crippen LogP contribution is -2.40. The molecule has 0 atom stereocenters. The molecule has 1 aliphatic rings. The van der Waals surface area contributed by atoms with Gasteiger partial charge in [-0.15, -0.1) is 0 Å². The summed E-state index contributed by atoms with van der Waals surface area (Å²) in [5.74, 6) is -0.101. The summed E-state index contributed by atoms with van der Waals surface area (Å²) in [5, 5.41) is 0. The maximum atomic E-state index is 12.8. The van der Waals surface area contributed by atoms with E-state index in [0.717, 1.165) is 16.7 Å². The van der Waals surface area contributed by atoms with E-state index in [1.807, 2.05) is 32.0 Å². The van der Waals surface area contributed by atoms with E-state index in [-0.39, 0.29) is 23.4 Å². The Morgan fingerprint density at radius 2 is 1.68 bits per heavy atom. The van der Waals surface area contributed by atoms with Crippen molar-refractivity contribution >= 4 is 11.7 Å². The molecule has 6 heteroatoms. The highest BCUT2D eigenvalue weighted by atomic mass is 19.3. The van der Waals surface area contributed by atoms with Crippen molar-refractivity contribution in [2.24, 2.45) is 5.92 Å². The van der Waals surface area contributed by atoms with Crippen molar-refractivity contribution in [2.45, 2.75) is 33.3 Å². The number of piperidine rings is 1. The Hall–Kier alpha value is -2.76. The zero-order valence-corrected chi connectivity index (χ0v) is 16.0. The molecule has 148 valence electrons. The van der Waals surface area contributed by atoms with Crippen molar-refractivity contribution in [3.05, 3.63) is 64.7 Å². The lowest BCUT2D eigenvalue weighted by molar-refractivity contribution is -0.0498. The highest BCUT2D eigenvalue weighted by Gasteiger charge is 2.29. The molecule has 1 saturated heterocycles. The number of benzene rings is 2. The first-order valence-electron chi connectivity index (χ1n) is 9.31. The Bertz CT molecular complexity index is 857. The van der Waals surface area contributed by atoms with Crippen LogP contribution in [0.25, 0.3) is 0 Å². The van der Waals surface area contributed by atoms with E-state index in [9.17, 15) is 18.4 Å². The summed E-state index contributed by atoms with van der Waals surface area (Å²) in [6.07, 6.45) is 1.23. The number of nitrogens with zero attached hydrogens (tertiary/aromatic N) is 1. The number of carbonyl (C=O) groups is 2. The van der Waals surface area contributed by atoms with Gasteiger partial charge in [-0.05, 0) is 56.5 Å².